The van der Waals surface area contributed by atoms with E-state index in [0.717, 1.165) is 30.8 Å². The zero-order valence-electron chi connectivity index (χ0n) is 9.59. The van der Waals surface area contributed by atoms with Gasteiger partial charge in [-0.15, -0.1) is 0 Å². The monoisotopic (exact) mass is 311 g/mol. The highest BCUT2D eigenvalue weighted by molar-refractivity contribution is 6.68. The summed E-state index contributed by atoms with van der Waals surface area (Å²) in [5, 5.41) is 2.74. The van der Waals surface area contributed by atoms with Crippen LogP contribution in [0.25, 0.3) is 0 Å². The Morgan fingerprint density at radius 1 is 1.39 bits per heavy atom. The van der Waals surface area contributed by atoms with Crippen molar-refractivity contribution in [3.05, 3.63) is 24.2 Å². The van der Waals surface area contributed by atoms with Crippen LogP contribution in [0.4, 0.5) is 0 Å². The van der Waals surface area contributed by atoms with Crippen LogP contribution in [0.15, 0.2) is 22.8 Å². The smallest absolute Gasteiger partial charge is 0.291 e. The maximum Gasteiger partial charge on any atom is 0.291 e. The van der Waals surface area contributed by atoms with Gasteiger partial charge in [0.2, 0.25) is 6.17 Å². The van der Waals surface area contributed by atoms with E-state index in [-0.39, 0.29) is 11.7 Å². The number of hydrogen-bond acceptors (Lipinski definition) is 2. The first-order chi connectivity index (χ1) is 8.48. The Labute approximate surface area is 120 Å². The number of rotatable bonds is 3. The number of quaternary nitrogens is 1. The third-order valence-corrected chi connectivity index (χ3v) is 3.66. The Morgan fingerprint density at radius 3 is 2.56 bits per heavy atom. The van der Waals surface area contributed by atoms with Crippen molar-refractivity contribution in [1.29, 1.82) is 0 Å². The van der Waals surface area contributed by atoms with Gasteiger partial charge in [0.05, 0.1) is 19.4 Å². The summed E-state index contributed by atoms with van der Waals surface area (Å²) in [4.78, 5) is 13.0. The fraction of sp³-hybridized carbons (Fsp3) is 0.545. The molecular formula is C11H14Cl3N2O2+. The topological polar surface area (TPSA) is 46.7 Å². The third-order valence-electron chi connectivity index (χ3n) is 3.00. The van der Waals surface area contributed by atoms with Crippen LogP contribution in [0, 0.1) is 0 Å². The maximum atomic E-state index is 11.9. The lowest BCUT2D eigenvalue weighted by molar-refractivity contribution is -0.915. The highest BCUT2D eigenvalue weighted by atomic mass is 35.6. The summed E-state index contributed by atoms with van der Waals surface area (Å²) in [5.41, 5.74) is 0. The molecule has 2 N–H and O–H groups in total. The normalized spacial score (nSPS) is 18.8. The van der Waals surface area contributed by atoms with E-state index in [1.807, 2.05) is 0 Å². The first-order valence-electron chi connectivity index (χ1n) is 5.74. The molecular weight excluding hydrogens is 298 g/mol. The van der Waals surface area contributed by atoms with Crippen molar-refractivity contribution in [2.75, 3.05) is 13.1 Å². The van der Waals surface area contributed by atoms with Crippen LogP contribution in [0.1, 0.15) is 23.4 Å². The first-order valence-corrected chi connectivity index (χ1v) is 6.87. The molecule has 2 rings (SSSR count). The average molecular weight is 313 g/mol. The molecule has 100 valence electrons. The number of hydrogen-bond donors (Lipinski definition) is 2. The molecule has 1 aliphatic heterocycles. The number of carbonyl (C=O) groups excluding carboxylic acids is 1. The molecule has 7 heteroatoms. The molecule has 0 radical (unpaired) electrons. The number of furan rings is 1. The maximum absolute atomic E-state index is 11.9. The van der Waals surface area contributed by atoms with Crippen LogP contribution in [-0.4, -0.2) is 29.0 Å². The van der Waals surface area contributed by atoms with Crippen molar-refractivity contribution in [3.8, 4) is 0 Å². The Bertz CT molecular complexity index is 397. The Kier molecular flexibility index (Phi) is 4.43. The molecule has 0 aromatic carbocycles. The van der Waals surface area contributed by atoms with Crippen LogP contribution >= 0.6 is 34.8 Å². The van der Waals surface area contributed by atoms with Crippen molar-refractivity contribution < 1.29 is 14.1 Å². The molecule has 1 aromatic rings. The minimum atomic E-state index is -1.54. The molecule has 1 amide bonds. The second-order valence-electron chi connectivity index (χ2n) is 4.29. The molecule has 18 heavy (non-hydrogen) atoms. The molecule has 1 aliphatic rings. The summed E-state index contributed by atoms with van der Waals surface area (Å²) < 4.78 is 3.48. The molecule has 1 aromatic heterocycles. The lowest BCUT2D eigenvalue weighted by atomic mass is 10.4. The molecule has 0 bridgehead atoms. The molecule has 0 unspecified atom stereocenters. The quantitative estimate of drug-likeness (QED) is 0.829. The van der Waals surface area contributed by atoms with E-state index in [1.54, 1.807) is 12.1 Å². The van der Waals surface area contributed by atoms with Gasteiger partial charge in [0.25, 0.3) is 9.70 Å². The Morgan fingerprint density at radius 2 is 2.06 bits per heavy atom. The van der Waals surface area contributed by atoms with Crippen LogP contribution in [0.5, 0.6) is 0 Å². The van der Waals surface area contributed by atoms with Crippen LogP contribution in [0.2, 0.25) is 0 Å². The van der Waals surface area contributed by atoms with E-state index in [0.29, 0.717) is 0 Å². The van der Waals surface area contributed by atoms with Gasteiger partial charge in [-0.1, -0.05) is 34.8 Å². The van der Waals surface area contributed by atoms with E-state index in [9.17, 15) is 4.79 Å². The summed E-state index contributed by atoms with van der Waals surface area (Å²) >= 11 is 17.8. The van der Waals surface area contributed by atoms with Crippen molar-refractivity contribution >= 4 is 40.7 Å². The Hall–Kier alpha value is -0.420. The predicted molar refractivity (Wildman–Crippen MR) is 70.2 cm³/mol. The first kappa shape index (κ1) is 14.0. The second kappa shape index (κ2) is 5.70. The zero-order chi connectivity index (χ0) is 13.2. The van der Waals surface area contributed by atoms with Crippen LogP contribution < -0.4 is 10.2 Å². The number of carbonyl (C=O) groups is 1. The van der Waals surface area contributed by atoms with Crippen molar-refractivity contribution in [2.45, 2.75) is 22.8 Å². The SMILES string of the molecule is O=C(N[C@H]([NH+]1CCCC1)C(Cl)(Cl)Cl)c1ccco1. The van der Waals surface area contributed by atoms with Crippen molar-refractivity contribution in [2.24, 2.45) is 0 Å². The van der Waals surface area contributed by atoms with Gasteiger partial charge < -0.3 is 9.32 Å². The minimum absolute atomic E-state index is 0.216. The molecule has 1 saturated heterocycles. The van der Waals surface area contributed by atoms with Crippen molar-refractivity contribution in [1.82, 2.24) is 5.32 Å². The number of halogens is 3. The number of amides is 1. The van der Waals surface area contributed by atoms with Gasteiger partial charge in [0.1, 0.15) is 0 Å². The third kappa shape index (κ3) is 3.32. The second-order valence-corrected chi connectivity index (χ2v) is 6.66. The van der Waals surface area contributed by atoms with Gasteiger partial charge in [-0.2, -0.15) is 0 Å². The lowest BCUT2D eigenvalue weighted by Gasteiger charge is -2.29. The van der Waals surface area contributed by atoms with Gasteiger partial charge in [-0.25, -0.2) is 0 Å². The zero-order valence-corrected chi connectivity index (χ0v) is 11.9. The van der Waals surface area contributed by atoms with Gasteiger partial charge in [0.15, 0.2) is 5.76 Å². The summed E-state index contributed by atoms with van der Waals surface area (Å²) in [6.07, 6.45) is 3.01. The highest BCUT2D eigenvalue weighted by Crippen LogP contribution is 2.28. The summed E-state index contributed by atoms with van der Waals surface area (Å²) in [7, 11) is 0. The lowest BCUT2D eigenvalue weighted by Crippen LogP contribution is -3.17. The summed E-state index contributed by atoms with van der Waals surface area (Å²) in [6, 6.07) is 3.21. The minimum Gasteiger partial charge on any atom is -0.459 e. The van der Waals surface area contributed by atoms with Gasteiger partial charge in [-0.3, -0.25) is 10.1 Å². The summed E-state index contributed by atoms with van der Waals surface area (Å²) in [6.45, 7) is 1.77. The standard InChI is InChI=1S/C11H13Cl3N2O2/c12-11(13,14)10(16-5-1-2-6-16)15-9(17)8-4-3-7-18-8/h3-4,7,10H,1-2,5-6H2,(H,15,17)/p+1/t10-/m1/s1. The molecule has 0 aliphatic carbocycles. The van der Waals surface area contributed by atoms with E-state index in [4.69, 9.17) is 39.2 Å². The van der Waals surface area contributed by atoms with Crippen molar-refractivity contribution in [3.63, 3.8) is 0 Å². The van der Waals surface area contributed by atoms with Crippen LogP contribution in [0.3, 0.4) is 0 Å². The van der Waals surface area contributed by atoms with Gasteiger partial charge >= 0.3 is 0 Å². The number of nitrogens with one attached hydrogen (secondary N) is 2. The fourth-order valence-corrected chi connectivity index (χ4v) is 2.77. The van der Waals surface area contributed by atoms with Gasteiger partial charge in [0, 0.05) is 12.8 Å². The van der Waals surface area contributed by atoms with E-state index in [2.05, 4.69) is 5.32 Å². The van der Waals surface area contributed by atoms with Crippen LogP contribution in [-0.2, 0) is 0 Å². The molecule has 2 heterocycles. The predicted octanol–water partition coefficient (Wildman–Crippen LogP) is 1.38. The molecule has 4 nitrogen and oxygen atoms in total. The molecule has 1 atom stereocenters. The van der Waals surface area contributed by atoms with Gasteiger partial charge in [-0.05, 0) is 12.1 Å². The highest BCUT2D eigenvalue weighted by Gasteiger charge is 2.43. The molecule has 0 saturated carbocycles. The number of alkyl halides is 3. The molecule has 1 fully saturated rings. The Balaban J connectivity index is 2.08. The average Bonchev–Trinajstić information content (AvgIpc) is 2.96. The summed E-state index contributed by atoms with van der Waals surface area (Å²) in [5.74, 6) is -0.149. The fourth-order valence-electron chi connectivity index (χ4n) is 2.14. The largest absolute Gasteiger partial charge is 0.459 e. The molecule has 0 spiro atoms. The van der Waals surface area contributed by atoms with E-state index < -0.39 is 9.96 Å². The van der Waals surface area contributed by atoms with E-state index >= 15 is 0 Å². The number of likely N-dealkylation sites (tertiary alicyclic amines) is 1. The van der Waals surface area contributed by atoms with E-state index in [1.165, 1.54) is 6.26 Å².